The highest BCUT2D eigenvalue weighted by molar-refractivity contribution is 7.89. The average molecular weight is 736 g/mol. The molecular weight excluding hydrogens is 687 g/mol. The third kappa shape index (κ3) is 8.92. The molecule has 14 heteroatoms. The standard InChI is InChI=1S/C38H49N5O8S/c1-24-21-43(25(2)23-44)37(45)32-20-30(39-38(46)40-33-16-11-14-29-13-7-8-15-31(29)33)17-18-34(32)50-26(3)12-9-10-19-49-35(24)22-42(6)52(47,48)36-27(4)41-51-28(36)5/h7-8,11,13-18,20,24-26,35,44H,9-10,12,19,21-23H2,1-6H3,(H2,39,40,46)/t24-,25+,26-,35+/m1/s1. The summed E-state index contributed by atoms with van der Waals surface area (Å²) in [5.74, 6) is -0.219. The van der Waals surface area contributed by atoms with E-state index in [1.807, 2.05) is 56.3 Å². The minimum atomic E-state index is -3.96. The quantitative estimate of drug-likeness (QED) is 0.191. The van der Waals surface area contributed by atoms with Gasteiger partial charge >= 0.3 is 6.03 Å². The number of anilines is 2. The smallest absolute Gasteiger partial charge is 0.323 e. The fourth-order valence-corrected chi connectivity index (χ4v) is 7.90. The molecule has 0 fully saturated rings. The SMILES string of the molecule is Cc1noc(C)c1S(=O)(=O)N(C)C[C@@H]1OCCCC[C@@H](C)Oc2ccc(NC(=O)Nc3cccc4ccccc34)cc2C(=O)N([C@@H](C)CO)C[C@H]1C. The van der Waals surface area contributed by atoms with E-state index in [0.717, 1.165) is 17.2 Å². The molecule has 1 aliphatic heterocycles. The lowest BCUT2D eigenvalue weighted by atomic mass is 10.0. The molecule has 52 heavy (non-hydrogen) atoms. The number of aliphatic hydroxyl groups excluding tert-OH is 1. The van der Waals surface area contributed by atoms with Gasteiger partial charge in [-0.25, -0.2) is 13.2 Å². The van der Waals surface area contributed by atoms with Crippen LogP contribution in [0.4, 0.5) is 16.2 Å². The van der Waals surface area contributed by atoms with Crippen LogP contribution in [0.1, 0.15) is 61.8 Å². The number of nitrogens with zero attached hydrogens (tertiary/aromatic N) is 3. The summed E-state index contributed by atoms with van der Waals surface area (Å²) in [4.78, 5) is 29.3. The first-order valence-electron chi connectivity index (χ1n) is 17.6. The van der Waals surface area contributed by atoms with Gasteiger partial charge in [-0.1, -0.05) is 48.5 Å². The lowest BCUT2D eigenvalue weighted by Gasteiger charge is -2.35. The topological polar surface area (TPSA) is 164 Å². The largest absolute Gasteiger partial charge is 0.490 e. The van der Waals surface area contributed by atoms with Gasteiger partial charge in [-0.15, -0.1) is 0 Å². The molecule has 0 aliphatic carbocycles. The zero-order valence-corrected chi connectivity index (χ0v) is 31.4. The Kier molecular flexibility index (Phi) is 12.6. The van der Waals surface area contributed by atoms with Gasteiger partial charge in [0, 0.05) is 43.7 Å². The number of likely N-dealkylation sites (N-methyl/N-ethyl adjacent to an activating group) is 1. The van der Waals surface area contributed by atoms with Crippen LogP contribution in [0.25, 0.3) is 10.8 Å². The van der Waals surface area contributed by atoms with Crippen molar-refractivity contribution in [3.63, 3.8) is 0 Å². The number of carbonyl (C=O) groups is 2. The number of nitrogens with one attached hydrogen (secondary N) is 2. The summed E-state index contributed by atoms with van der Waals surface area (Å²) < 4.78 is 46.2. The van der Waals surface area contributed by atoms with Crippen molar-refractivity contribution in [3.8, 4) is 5.75 Å². The molecule has 4 aromatic rings. The van der Waals surface area contributed by atoms with Crippen LogP contribution in [-0.4, -0.2) is 91.4 Å². The molecule has 13 nitrogen and oxygen atoms in total. The molecule has 3 amide bonds. The first-order chi connectivity index (χ1) is 24.8. The fourth-order valence-electron chi connectivity index (χ4n) is 6.43. The highest BCUT2D eigenvalue weighted by Crippen LogP contribution is 2.30. The summed E-state index contributed by atoms with van der Waals surface area (Å²) in [6.07, 6.45) is 1.34. The van der Waals surface area contributed by atoms with Gasteiger partial charge in [0.15, 0.2) is 5.76 Å². The number of aromatic nitrogens is 1. The summed E-state index contributed by atoms with van der Waals surface area (Å²) >= 11 is 0. The predicted molar refractivity (Wildman–Crippen MR) is 199 cm³/mol. The lowest BCUT2D eigenvalue weighted by molar-refractivity contribution is -0.00835. The van der Waals surface area contributed by atoms with Crippen LogP contribution in [0, 0.1) is 19.8 Å². The number of amides is 3. The molecule has 0 saturated carbocycles. The number of urea groups is 1. The van der Waals surface area contributed by atoms with Gasteiger partial charge in [0.2, 0.25) is 10.0 Å². The van der Waals surface area contributed by atoms with Gasteiger partial charge in [-0.3, -0.25) is 4.79 Å². The minimum absolute atomic E-state index is 0.0130. The van der Waals surface area contributed by atoms with E-state index in [1.165, 1.54) is 11.4 Å². The van der Waals surface area contributed by atoms with Crippen molar-refractivity contribution in [3.05, 3.63) is 77.7 Å². The number of aryl methyl sites for hydroxylation is 2. The highest BCUT2D eigenvalue weighted by atomic mass is 32.2. The molecule has 0 saturated heterocycles. The van der Waals surface area contributed by atoms with Crippen molar-refractivity contribution < 1.29 is 37.1 Å². The van der Waals surface area contributed by atoms with Crippen LogP contribution in [0.2, 0.25) is 0 Å². The Balaban J connectivity index is 1.42. The van der Waals surface area contributed by atoms with Gasteiger partial charge in [-0.2, -0.15) is 4.31 Å². The number of benzene rings is 3. The monoisotopic (exact) mass is 735 g/mol. The molecule has 0 radical (unpaired) electrons. The van der Waals surface area contributed by atoms with Crippen molar-refractivity contribution in [1.82, 2.24) is 14.4 Å². The van der Waals surface area contributed by atoms with Crippen LogP contribution in [0.15, 0.2) is 70.1 Å². The molecule has 1 aliphatic rings. The molecule has 4 atom stereocenters. The lowest BCUT2D eigenvalue weighted by Crippen LogP contribution is -2.48. The number of aliphatic hydroxyl groups is 1. The molecule has 3 N–H and O–H groups in total. The number of fused-ring (bicyclic) bond motifs is 2. The Morgan fingerprint density at radius 2 is 1.83 bits per heavy atom. The summed E-state index contributed by atoms with van der Waals surface area (Å²) in [6.45, 7) is 8.92. The number of hydrogen-bond donors (Lipinski definition) is 3. The Morgan fingerprint density at radius 3 is 2.56 bits per heavy atom. The zero-order valence-electron chi connectivity index (χ0n) is 30.6. The average Bonchev–Trinajstić information content (AvgIpc) is 3.47. The van der Waals surface area contributed by atoms with E-state index >= 15 is 0 Å². The Hall–Kier alpha value is -4.50. The first kappa shape index (κ1) is 38.7. The Bertz CT molecular complexity index is 1960. The number of sulfonamides is 1. The Labute approximate surface area is 305 Å². The number of rotatable bonds is 8. The van der Waals surface area contributed by atoms with E-state index in [4.69, 9.17) is 14.0 Å². The minimum Gasteiger partial charge on any atom is -0.490 e. The van der Waals surface area contributed by atoms with E-state index < -0.39 is 34.1 Å². The molecule has 0 bridgehead atoms. The van der Waals surface area contributed by atoms with Crippen molar-refractivity contribution in [2.75, 3.05) is 44.0 Å². The van der Waals surface area contributed by atoms with Gasteiger partial charge in [0.1, 0.15) is 16.3 Å². The van der Waals surface area contributed by atoms with Crippen molar-refractivity contribution >= 4 is 44.1 Å². The number of hydrogen-bond acceptors (Lipinski definition) is 9. The normalized spacial score (nSPS) is 19.8. The van der Waals surface area contributed by atoms with E-state index in [2.05, 4.69) is 15.8 Å². The van der Waals surface area contributed by atoms with Crippen LogP contribution in [0.5, 0.6) is 5.75 Å². The van der Waals surface area contributed by atoms with Gasteiger partial charge < -0.3 is 34.6 Å². The summed E-state index contributed by atoms with van der Waals surface area (Å²) in [7, 11) is -2.47. The van der Waals surface area contributed by atoms with Crippen molar-refractivity contribution in [2.45, 2.75) is 77.0 Å². The van der Waals surface area contributed by atoms with Crippen molar-refractivity contribution in [2.24, 2.45) is 5.92 Å². The van der Waals surface area contributed by atoms with Gasteiger partial charge in [-0.05, 0) is 76.6 Å². The van der Waals surface area contributed by atoms with Crippen LogP contribution < -0.4 is 15.4 Å². The number of carbonyl (C=O) groups excluding carboxylic acids is 2. The summed E-state index contributed by atoms with van der Waals surface area (Å²) in [6, 6.07) is 17.2. The van der Waals surface area contributed by atoms with Crippen molar-refractivity contribution in [1.29, 1.82) is 0 Å². The van der Waals surface area contributed by atoms with Gasteiger partial charge in [0.05, 0.1) is 36.1 Å². The van der Waals surface area contributed by atoms with E-state index in [0.29, 0.717) is 36.6 Å². The van der Waals surface area contributed by atoms with Crippen LogP contribution in [0.3, 0.4) is 0 Å². The third-order valence-electron chi connectivity index (χ3n) is 9.42. The third-order valence-corrected chi connectivity index (χ3v) is 11.5. The molecular formula is C38H49N5O8S. The molecule has 5 rings (SSSR count). The molecule has 0 unspecified atom stereocenters. The van der Waals surface area contributed by atoms with E-state index in [-0.39, 0.29) is 53.6 Å². The summed E-state index contributed by atoms with van der Waals surface area (Å²) in [5, 5.41) is 21.7. The van der Waals surface area contributed by atoms with Crippen LogP contribution in [-0.2, 0) is 14.8 Å². The zero-order chi connectivity index (χ0) is 37.6. The predicted octanol–water partition coefficient (Wildman–Crippen LogP) is 6.20. The molecule has 1 aromatic heterocycles. The molecule has 0 spiro atoms. The maximum atomic E-state index is 14.5. The maximum Gasteiger partial charge on any atom is 0.323 e. The second-order valence-corrected chi connectivity index (χ2v) is 15.5. The second kappa shape index (κ2) is 16.9. The van der Waals surface area contributed by atoms with Crippen LogP contribution >= 0.6 is 0 Å². The second-order valence-electron chi connectivity index (χ2n) is 13.6. The molecule has 280 valence electrons. The van der Waals surface area contributed by atoms with Gasteiger partial charge in [0.25, 0.3) is 5.91 Å². The highest BCUT2D eigenvalue weighted by Gasteiger charge is 2.34. The number of ether oxygens (including phenoxy) is 2. The first-order valence-corrected chi connectivity index (χ1v) is 19.0. The molecule has 3 aromatic carbocycles. The maximum absolute atomic E-state index is 14.5. The molecule has 2 heterocycles. The Morgan fingerprint density at radius 1 is 1.08 bits per heavy atom. The van der Waals surface area contributed by atoms with E-state index in [1.54, 1.807) is 43.9 Å². The fraction of sp³-hybridized carbons (Fsp3) is 0.447. The summed E-state index contributed by atoms with van der Waals surface area (Å²) in [5.41, 5.74) is 1.50. The van der Waals surface area contributed by atoms with E-state index in [9.17, 15) is 23.1 Å².